The van der Waals surface area contributed by atoms with E-state index in [0.29, 0.717) is 6.54 Å². The van der Waals surface area contributed by atoms with E-state index in [1.54, 1.807) is 13.8 Å². The molecule has 0 bridgehead atoms. The van der Waals surface area contributed by atoms with Crippen LogP contribution in [0.2, 0.25) is 0 Å². The molecule has 4 nitrogen and oxygen atoms in total. The first kappa shape index (κ1) is 14.5. The molecular weight excluding hydrogens is 216 g/mol. The van der Waals surface area contributed by atoms with Crippen molar-refractivity contribution in [3.05, 3.63) is 0 Å². The number of hydrogen-bond acceptors (Lipinski definition) is 3. The molecule has 1 heterocycles. The molecule has 1 aliphatic heterocycles. The zero-order valence-corrected chi connectivity index (χ0v) is 11.5. The van der Waals surface area contributed by atoms with Crippen molar-refractivity contribution in [1.82, 2.24) is 10.2 Å². The van der Waals surface area contributed by atoms with Crippen molar-refractivity contribution in [2.45, 2.75) is 45.6 Å². The molecule has 0 aromatic rings. The number of amides is 1. The van der Waals surface area contributed by atoms with Crippen LogP contribution in [0.5, 0.6) is 0 Å². The minimum absolute atomic E-state index is 0.107. The maximum Gasteiger partial charge on any atom is 0.226 e. The molecule has 4 heteroatoms. The van der Waals surface area contributed by atoms with Crippen LogP contribution in [0.25, 0.3) is 0 Å². The molecular formula is C13H26N2O2. The Morgan fingerprint density at radius 2 is 1.94 bits per heavy atom. The predicted molar refractivity (Wildman–Crippen MR) is 68.8 cm³/mol. The van der Waals surface area contributed by atoms with Gasteiger partial charge in [0.05, 0.1) is 11.0 Å². The zero-order valence-electron chi connectivity index (χ0n) is 11.5. The molecule has 0 aliphatic carbocycles. The highest BCUT2D eigenvalue weighted by Crippen LogP contribution is 2.34. The Morgan fingerprint density at radius 3 is 2.35 bits per heavy atom. The molecule has 1 fully saturated rings. The molecule has 0 saturated carbocycles. The van der Waals surface area contributed by atoms with Crippen LogP contribution in [0.15, 0.2) is 0 Å². The molecule has 0 spiro atoms. The van der Waals surface area contributed by atoms with Gasteiger partial charge in [-0.2, -0.15) is 0 Å². The highest BCUT2D eigenvalue weighted by molar-refractivity contribution is 5.82. The largest absolute Gasteiger partial charge is 0.389 e. The van der Waals surface area contributed by atoms with Crippen LogP contribution in [-0.4, -0.2) is 48.2 Å². The van der Waals surface area contributed by atoms with Gasteiger partial charge in [0, 0.05) is 6.54 Å². The lowest BCUT2D eigenvalue weighted by Gasteiger charge is -2.39. The van der Waals surface area contributed by atoms with Gasteiger partial charge in [-0.3, -0.25) is 4.79 Å². The van der Waals surface area contributed by atoms with Gasteiger partial charge < -0.3 is 15.3 Å². The molecule has 0 atom stereocenters. The van der Waals surface area contributed by atoms with Crippen LogP contribution < -0.4 is 5.32 Å². The van der Waals surface area contributed by atoms with Gasteiger partial charge in [-0.1, -0.05) is 6.92 Å². The summed E-state index contributed by atoms with van der Waals surface area (Å²) in [7, 11) is 2.09. The third-order valence-corrected chi connectivity index (χ3v) is 3.78. The Bertz CT molecular complexity index is 263. The maximum atomic E-state index is 12.3. The molecule has 1 aliphatic rings. The molecule has 1 saturated heterocycles. The van der Waals surface area contributed by atoms with Crippen LogP contribution in [-0.2, 0) is 4.79 Å². The quantitative estimate of drug-likeness (QED) is 0.773. The molecule has 0 radical (unpaired) electrons. The molecule has 0 aromatic carbocycles. The van der Waals surface area contributed by atoms with Crippen molar-refractivity contribution in [2.75, 3.05) is 26.7 Å². The van der Waals surface area contributed by atoms with Crippen LogP contribution in [0, 0.1) is 5.41 Å². The summed E-state index contributed by atoms with van der Waals surface area (Å²) in [4.78, 5) is 14.5. The number of aliphatic hydroxyl groups is 1. The predicted octanol–water partition coefficient (Wildman–Crippen LogP) is 0.995. The topological polar surface area (TPSA) is 52.6 Å². The number of carbonyl (C=O) groups excluding carboxylic acids is 1. The Morgan fingerprint density at radius 1 is 1.41 bits per heavy atom. The Kier molecular flexibility index (Phi) is 4.55. The SMILES string of the molecule is CCC1(C(=O)NCC(C)(C)O)CCN(C)CC1. The second-order valence-electron chi connectivity index (χ2n) is 5.93. The first-order valence-electron chi connectivity index (χ1n) is 6.48. The van der Waals surface area contributed by atoms with Gasteiger partial charge in [0.25, 0.3) is 0 Å². The van der Waals surface area contributed by atoms with E-state index in [0.717, 1.165) is 32.4 Å². The lowest BCUT2D eigenvalue weighted by atomic mass is 9.75. The molecule has 1 amide bonds. The fourth-order valence-corrected chi connectivity index (χ4v) is 2.27. The Hall–Kier alpha value is -0.610. The normalized spacial score (nSPS) is 21.2. The number of nitrogens with zero attached hydrogens (tertiary/aromatic N) is 1. The van der Waals surface area contributed by atoms with E-state index in [1.165, 1.54) is 0 Å². The van der Waals surface area contributed by atoms with Crippen LogP contribution in [0.4, 0.5) is 0 Å². The maximum absolute atomic E-state index is 12.3. The highest BCUT2D eigenvalue weighted by Gasteiger charge is 2.39. The van der Waals surface area contributed by atoms with E-state index in [1.807, 2.05) is 0 Å². The number of nitrogens with one attached hydrogen (secondary N) is 1. The van der Waals surface area contributed by atoms with Crippen molar-refractivity contribution in [3.63, 3.8) is 0 Å². The van der Waals surface area contributed by atoms with Crippen molar-refractivity contribution in [1.29, 1.82) is 0 Å². The average molecular weight is 242 g/mol. The van der Waals surface area contributed by atoms with E-state index >= 15 is 0 Å². The second-order valence-corrected chi connectivity index (χ2v) is 5.93. The second kappa shape index (κ2) is 5.36. The van der Waals surface area contributed by atoms with Crippen LogP contribution >= 0.6 is 0 Å². The standard InChI is InChI=1S/C13H26N2O2/c1-5-13(6-8-15(4)9-7-13)11(16)14-10-12(2,3)17/h17H,5-10H2,1-4H3,(H,14,16). The number of likely N-dealkylation sites (tertiary alicyclic amines) is 1. The first-order chi connectivity index (χ1) is 7.79. The lowest BCUT2D eigenvalue weighted by Crippen LogP contribution is -2.50. The number of rotatable bonds is 4. The summed E-state index contributed by atoms with van der Waals surface area (Å²) in [5, 5.41) is 12.5. The fourth-order valence-electron chi connectivity index (χ4n) is 2.27. The molecule has 17 heavy (non-hydrogen) atoms. The van der Waals surface area contributed by atoms with E-state index in [9.17, 15) is 9.90 Å². The van der Waals surface area contributed by atoms with Gasteiger partial charge in [0.15, 0.2) is 0 Å². The van der Waals surface area contributed by atoms with Crippen molar-refractivity contribution in [3.8, 4) is 0 Å². The lowest BCUT2D eigenvalue weighted by molar-refractivity contribution is -0.135. The minimum atomic E-state index is -0.837. The van der Waals surface area contributed by atoms with Crippen molar-refractivity contribution in [2.24, 2.45) is 5.41 Å². The average Bonchev–Trinajstić information content (AvgIpc) is 2.26. The summed E-state index contributed by atoms with van der Waals surface area (Å²) in [5.41, 5.74) is -1.06. The molecule has 0 unspecified atom stereocenters. The van der Waals surface area contributed by atoms with E-state index < -0.39 is 5.60 Å². The summed E-state index contributed by atoms with van der Waals surface area (Å²) >= 11 is 0. The fraction of sp³-hybridized carbons (Fsp3) is 0.923. The summed E-state index contributed by atoms with van der Waals surface area (Å²) in [6, 6.07) is 0. The van der Waals surface area contributed by atoms with Gasteiger partial charge in [-0.15, -0.1) is 0 Å². The summed E-state index contributed by atoms with van der Waals surface area (Å²) < 4.78 is 0. The molecule has 1 rings (SSSR count). The number of carbonyl (C=O) groups is 1. The van der Waals surface area contributed by atoms with Crippen molar-refractivity contribution >= 4 is 5.91 Å². The monoisotopic (exact) mass is 242 g/mol. The van der Waals surface area contributed by atoms with Gasteiger partial charge in [0.1, 0.15) is 0 Å². The first-order valence-corrected chi connectivity index (χ1v) is 6.48. The minimum Gasteiger partial charge on any atom is -0.389 e. The molecule has 0 aromatic heterocycles. The smallest absolute Gasteiger partial charge is 0.226 e. The van der Waals surface area contributed by atoms with Gasteiger partial charge in [-0.25, -0.2) is 0 Å². The highest BCUT2D eigenvalue weighted by atomic mass is 16.3. The zero-order chi connectivity index (χ0) is 13.1. The van der Waals surface area contributed by atoms with E-state index in [2.05, 4.69) is 24.2 Å². The van der Waals surface area contributed by atoms with Crippen molar-refractivity contribution < 1.29 is 9.90 Å². The van der Waals surface area contributed by atoms with Crippen LogP contribution in [0.3, 0.4) is 0 Å². The number of piperidine rings is 1. The summed E-state index contributed by atoms with van der Waals surface area (Å²) in [6.45, 7) is 7.77. The third-order valence-electron chi connectivity index (χ3n) is 3.78. The van der Waals surface area contributed by atoms with E-state index in [4.69, 9.17) is 0 Å². The Labute approximate surface area is 104 Å². The van der Waals surface area contributed by atoms with Crippen LogP contribution in [0.1, 0.15) is 40.0 Å². The molecule has 100 valence electrons. The molecule has 2 N–H and O–H groups in total. The summed E-state index contributed by atoms with van der Waals surface area (Å²) in [5.74, 6) is 0.107. The number of hydrogen-bond donors (Lipinski definition) is 2. The van der Waals surface area contributed by atoms with Gasteiger partial charge in [-0.05, 0) is 53.2 Å². The van der Waals surface area contributed by atoms with E-state index in [-0.39, 0.29) is 11.3 Å². The van der Waals surface area contributed by atoms with Gasteiger partial charge >= 0.3 is 0 Å². The Balaban J connectivity index is 2.58. The third kappa shape index (κ3) is 3.96. The van der Waals surface area contributed by atoms with Gasteiger partial charge in [0.2, 0.25) is 5.91 Å². The summed E-state index contributed by atoms with van der Waals surface area (Å²) in [6.07, 6.45) is 2.70.